The van der Waals surface area contributed by atoms with E-state index >= 15 is 0 Å². The van der Waals surface area contributed by atoms with Gasteiger partial charge < -0.3 is 10.3 Å². The second kappa shape index (κ2) is 4.10. The fourth-order valence-electron chi connectivity index (χ4n) is 2.13. The third kappa shape index (κ3) is 1.59. The molecule has 18 heavy (non-hydrogen) atoms. The third-order valence-corrected chi connectivity index (χ3v) is 3.71. The molecular weight excluding hydrogens is 249 g/mol. The Kier molecular flexibility index (Phi) is 2.56. The van der Waals surface area contributed by atoms with E-state index in [2.05, 4.69) is 4.98 Å². The number of benzene rings is 1. The normalized spacial score (nSPS) is 11.2. The van der Waals surface area contributed by atoms with Crippen molar-refractivity contribution < 1.29 is 4.39 Å². The number of aryl methyl sites for hydroxylation is 1. The molecule has 0 saturated carbocycles. The van der Waals surface area contributed by atoms with Gasteiger partial charge in [-0.1, -0.05) is 0 Å². The average molecular weight is 261 g/mol. The van der Waals surface area contributed by atoms with E-state index in [9.17, 15) is 4.39 Å². The highest BCUT2D eigenvalue weighted by Gasteiger charge is 2.14. The molecule has 5 heteroatoms. The molecule has 0 spiro atoms. The van der Waals surface area contributed by atoms with Crippen LogP contribution in [-0.2, 0) is 6.54 Å². The van der Waals surface area contributed by atoms with Crippen molar-refractivity contribution in [3.8, 4) is 11.4 Å². The van der Waals surface area contributed by atoms with Crippen LogP contribution in [0.15, 0.2) is 29.6 Å². The molecule has 0 unspecified atom stereocenters. The quantitative estimate of drug-likeness (QED) is 0.767. The standard InChI is InChI=1S/C13H12FN3S/c1-2-17-11-7-8(14)3-4-10(11)16-13(17)9-5-6-18-12(9)15/h3-7H,2,15H2,1H3. The predicted molar refractivity (Wildman–Crippen MR) is 73.1 cm³/mol. The lowest BCUT2D eigenvalue weighted by molar-refractivity contribution is 0.628. The van der Waals surface area contributed by atoms with Gasteiger partial charge >= 0.3 is 0 Å². The number of nitrogens with two attached hydrogens (primary N) is 1. The molecule has 2 N–H and O–H groups in total. The number of nitrogen functional groups attached to an aromatic ring is 1. The number of hydrogen-bond acceptors (Lipinski definition) is 3. The summed E-state index contributed by atoms with van der Waals surface area (Å²) in [6, 6.07) is 6.58. The largest absolute Gasteiger partial charge is 0.390 e. The van der Waals surface area contributed by atoms with Crippen molar-refractivity contribution in [3.05, 3.63) is 35.5 Å². The van der Waals surface area contributed by atoms with Crippen molar-refractivity contribution in [2.45, 2.75) is 13.5 Å². The number of aromatic nitrogens is 2. The van der Waals surface area contributed by atoms with Crippen LogP contribution >= 0.6 is 11.3 Å². The van der Waals surface area contributed by atoms with Crippen molar-refractivity contribution >= 4 is 27.4 Å². The SMILES string of the molecule is CCn1c(-c2ccsc2N)nc2ccc(F)cc21. The van der Waals surface area contributed by atoms with Crippen LogP contribution in [0, 0.1) is 5.82 Å². The van der Waals surface area contributed by atoms with Gasteiger partial charge in [-0.25, -0.2) is 9.37 Å². The van der Waals surface area contributed by atoms with Crippen LogP contribution in [0.5, 0.6) is 0 Å². The number of fused-ring (bicyclic) bond motifs is 1. The van der Waals surface area contributed by atoms with Gasteiger partial charge in [-0.05, 0) is 36.6 Å². The van der Waals surface area contributed by atoms with Gasteiger partial charge in [0.25, 0.3) is 0 Å². The summed E-state index contributed by atoms with van der Waals surface area (Å²) in [5, 5.41) is 2.67. The van der Waals surface area contributed by atoms with Crippen molar-refractivity contribution in [2.24, 2.45) is 0 Å². The fourth-order valence-corrected chi connectivity index (χ4v) is 2.76. The maximum Gasteiger partial charge on any atom is 0.144 e. The molecule has 2 aromatic heterocycles. The van der Waals surface area contributed by atoms with E-state index in [4.69, 9.17) is 5.73 Å². The lowest BCUT2D eigenvalue weighted by Crippen LogP contribution is -1.98. The van der Waals surface area contributed by atoms with Gasteiger partial charge in [-0.15, -0.1) is 11.3 Å². The van der Waals surface area contributed by atoms with Gasteiger partial charge in [0, 0.05) is 6.54 Å². The van der Waals surface area contributed by atoms with Crippen LogP contribution < -0.4 is 5.73 Å². The highest BCUT2D eigenvalue weighted by atomic mass is 32.1. The summed E-state index contributed by atoms with van der Waals surface area (Å²) >= 11 is 1.48. The van der Waals surface area contributed by atoms with Crippen molar-refractivity contribution in [2.75, 3.05) is 5.73 Å². The van der Waals surface area contributed by atoms with Gasteiger partial charge in [-0.3, -0.25) is 0 Å². The molecule has 0 atom stereocenters. The average Bonchev–Trinajstić information content (AvgIpc) is 2.91. The number of anilines is 1. The minimum absolute atomic E-state index is 0.248. The van der Waals surface area contributed by atoms with E-state index in [1.165, 1.54) is 23.5 Å². The van der Waals surface area contributed by atoms with Crippen LogP contribution in [0.1, 0.15) is 6.92 Å². The third-order valence-electron chi connectivity index (χ3n) is 2.96. The molecule has 0 aliphatic rings. The predicted octanol–water partition coefficient (Wildman–Crippen LogP) is 3.51. The van der Waals surface area contributed by atoms with Crippen LogP contribution in [0.2, 0.25) is 0 Å². The Labute approximate surface area is 108 Å². The Morgan fingerprint density at radius 2 is 2.22 bits per heavy atom. The minimum Gasteiger partial charge on any atom is -0.390 e. The fraction of sp³-hybridized carbons (Fsp3) is 0.154. The highest BCUT2D eigenvalue weighted by molar-refractivity contribution is 7.14. The lowest BCUT2D eigenvalue weighted by Gasteiger charge is -2.05. The molecule has 0 amide bonds. The van der Waals surface area contributed by atoms with Gasteiger partial charge in [0.15, 0.2) is 0 Å². The Balaban J connectivity index is 2.33. The van der Waals surface area contributed by atoms with Crippen LogP contribution in [0.25, 0.3) is 22.4 Å². The van der Waals surface area contributed by atoms with E-state index in [0.717, 1.165) is 34.0 Å². The maximum atomic E-state index is 13.3. The van der Waals surface area contributed by atoms with E-state index in [0.29, 0.717) is 0 Å². The zero-order chi connectivity index (χ0) is 12.7. The van der Waals surface area contributed by atoms with Gasteiger partial charge in [-0.2, -0.15) is 0 Å². The van der Waals surface area contributed by atoms with E-state index in [1.54, 1.807) is 6.07 Å². The zero-order valence-corrected chi connectivity index (χ0v) is 10.7. The molecule has 2 heterocycles. The smallest absolute Gasteiger partial charge is 0.144 e. The summed E-state index contributed by atoms with van der Waals surface area (Å²) < 4.78 is 15.3. The molecule has 0 bridgehead atoms. The Bertz CT molecular complexity index is 714. The Morgan fingerprint density at radius 3 is 2.89 bits per heavy atom. The summed E-state index contributed by atoms with van der Waals surface area (Å²) in [5.74, 6) is 0.554. The molecule has 0 saturated heterocycles. The van der Waals surface area contributed by atoms with Crippen LogP contribution in [0.3, 0.4) is 0 Å². The molecule has 3 rings (SSSR count). The summed E-state index contributed by atoms with van der Waals surface area (Å²) in [7, 11) is 0. The zero-order valence-electron chi connectivity index (χ0n) is 9.85. The molecule has 0 fully saturated rings. The van der Waals surface area contributed by atoms with E-state index in [-0.39, 0.29) is 5.82 Å². The minimum atomic E-state index is -0.248. The van der Waals surface area contributed by atoms with Crippen molar-refractivity contribution in [1.82, 2.24) is 9.55 Å². The number of thiophene rings is 1. The van der Waals surface area contributed by atoms with Crippen molar-refractivity contribution in [1.29, 1.82) is 0 Å². The number of hydrogen-bond donors (Lipinski definition) is 1. The molecule has 3 nitrogen and oxygen atoms in total. The Hall–Kier alpha value is -1.88. The van der Waals surface area contributed by atoms with Crippen molar-refractivity contribution in [3.63, 3.8) is 0 Å². The number of imidazole rings is 1. The first-order valence-corrected chi connectivity index (χ1v) is 6.57. The van der Waals surface area contributed by atoms with E-state index < -0.39 is 0 Å². The highest BCUT2D eigenvalue weighted by Crippen LogP contribution is 2.32. The molecule has 3 aromatic rings. The molecule has 0 aliphatic carbocycles. The first kappa shape index (κ1) is 11.2. The number of nitrogens with zero attached hydrogens (tertiary/aromatic N) is 2. The first-order valence-electron chi connectivity index (χ1n) is 5.70. The molecule has 0 aliphatic heterocycles. The second-order valence-corrected chi connectivity index (χ2v) is 4.96. The summed E-state index contributed by atoms with van der Waals surface area (Å²) in [5.41, 5.74) is 8.45. The molecule has 0 radical (unpaired) electrons. The topological polar surface area (TPSA) is 43.8 Å². The lowest BCUT2D eigenvalue weighted by atomic mass is 10.3. The van der Waals surface area contributed by atoms with Gasteiger partial charge in [0.1, 0.15) is 11.6 Å². The van der Waals surface area contributed by atoms with Gasteiger partial charge in [0.05, 0.1) is 21.6 Å². The number of rotatable bonds is 2. The second-order valence-electron chi connectivity index (χ2n) is 4.01. The first-order chi connectivity index (χ1) is 8.70. The molecular formula is C13H12FN3S. The summed E-state index contributed by atoms with van der Waals surface area (Å²) in [4.78, 5) is 4.55. The maximum absolute atomic E-state index is 13.3. The van der Waals surface area contributed by atoms with Gasteiger partial charge in [0.2, 0.25) is 0 Å². The van der Waals surface area contributed by atoms with Crippen LogP contribution in [-0.4, -0.2) is 9.55 Å². The monoisotopic (exact) mass is 261 g/mol. The summed E-state index contributed by atoms with van der Waals surface area (Å²) in [6.45, 7) is 2.74. The van der Waals surface area contributed by atoms with E-state index in [1.807, 2.05) is 22.9 Å². The Morgan fingerprint density at radius 1 is 1.39 bits per heavy atom. The molecule has 92 valence electrons. The summed E-state index contributed by atoms with van der Waals surface area (Å²) in [6.07, 6.45) is 0. The molecule has 1 aromatic carbocycles. The van der Waals surface area contributed by atoms with Crippen LogP contribution in [0.4, 0.5) is 9.39 Å². The number of halogens is 1.